The Balaban J connectivity index is 1.34. The molecule has 192 valence electrons. The zero-order valence-corrected chi connectivity index (χ0v) is 21.1. The number of anilines is 2. The molecule has 0 bridgehead atoms. The SMILES string of the molecule is Cc1ncc(CN2CC(C(=O)N3CCC(O)(c4ccc(F)cc4C=O)CC3)c3ccc(Cl)cc32)c(N)n1. The lowest BCUT2D eigenvalue weighted by Gasteiger charge is -2.40. The van der Waals surface area contributed by atoms with E-state index in [-0.39, 0.29) is 24.3 Å². The molecule has 1 amide bonds. The molecular weight excluding hydrogens is 497 g/mol. The van der Waals surface area contributed by atoms with Gasteiger partial charge in [-0.3, -0.25) is 9.59 Å². The average molecular weight is 524 g/mol. The Morgan fingerprint density at radius 1 is 1.27 bits per heavy atom. The number of amides is 1. The van der Waals surface area contributed by atoms with E-state index in [2.05, 4.69) is 14.9 Å². The van der Waals surface area contributed by atoms with E-state index in [9.17, 15) is 19.1 Å². The fourth-order valence-corrected chi connectivity index (χ4v) is 5.51. The molecule has 8 nitrogen and oxygen atoms in total. The second-order valence-electron chi connectivity index (χ2n) is 9.67. The number of aldehydes is 1. The predicted molar refractivity (Wildman–Crippen MR) is 138 cm³/mol. The Morgan fingerprint density at radius 3 is 2.73 bits per heavy atom. The quantitative estimate of drug-likeness (QED) is 0.491. The Kier molecular flexibility index (Phi) is 6.59. The second-order valence-corrected chi connectivity index (χ2v) is 10.1. The van der Waals surface area contributed by atoms with Crippen molar-refractivity contribution in [3.63, 3.8) is 0 Å². The van der Waals surface area contributed by atoms with Gasteiger partial charge >= 0.3 is 0 Å². The van der Waals surface area contributed by atoms with Crippen LogP contribution in [0.5, 0.6) is 0 Å². The number of carbonyl (C=O) groups excluding carboxylic acids is 2. The number of aliphatic hydroxyl groups is 1. The minimum atomic E-state index is -1.31. The maximum Gasteiger partial charge on any atom is 0.231 e. The Hall–Kier alpha value is -3.56. The van der Waals surface area contributed by atoms with Crippen LogP contribution in [0, 0.1) is 12.7 Å². The fraction of sp³-hybridized carbons (Fsp3) is 0.333. The van der Waals surface area contributed by atoms with Crippen LogP contribution in [0.3, 0.4) is 0 Å². The number of nitrogens with zero attached hydrogens (tertiary/aromatic N) is 4. The third-order valence-corrected chi connectivity index (χ3v) is 7.57. The third-order valence-electron chi connectivity index (χ3n) is 7.33. The molecule has 3 heterocycles. The van der Waals surface area contributed by atoms with E-state index in [0.717, 1.165) is 22.9 Å². The molecule has 1 unspecified atom stereocenters. The minimum Gasteiger partial charge on any atom is -0.385 e. The van der Waals surface area contributed by atoms with Crippen molar-refractivity contribution in [2.75, 3.05) is 30.3 Å². The molecule has 2 aliphatic heterocycles. The van der Waals surface area contributed by atoms with Gasteiger partial charge < -0.3 is 20.6 Å². The number of rotatable bonds is 5. The first-order valence-electron chi connectivity index (χ1n) is 12.1. The lowest BCUT2D eigenvalue weighted by Crippen LogP contribution is -2.47. The summed E-state index contributed by atoms with van der Waals surface area (Å²) in [6, 6.07) is 9.31. The number of nitrogen functional groups attached to an aromatic ring is 1. The number of aryl methyl sites for hydroxylation is 1. The summed E-state index contributed by atoms with van der Waals surface area (Å²) in [6.45, 7) is 3.26. The summed E-state index contributed by atoms with van der Waals surface area (Å²) in [5.74, 6) is -0.00858. The van der Waals surface area contributed by atoms with Gasteiger partial charge in [0.05, 0.1) is 11.5 Å². The molecule has 10 heteroatoms. The summed E-state index contributed by atoms with van der Waals surface area (Å²) in [7, 11) is 0. The highest BCUT2D eigenvalue weighted by Crippen LogP contribution is 2.41. The third kappa shape index (κ3) is 4.76. The summed E-state index contributed by atoms with van der Waals surface area (Å²) < 4.78 is 13.6. The van der Waals surface area contributed by atoms with Gasteiger partial charge in [0, 0.05) is 54.2 Å². The first-order valence-corrected chi connectivity index (χ1v) is 12.4. The van der Waals surface area contributed by atoms with Gasteiger partial charge in [-0.05, 0) is 55.2 Å². The average Bonchev–Trinajstić information content (AvgIpc) is 3.22. The number of hydrogen-bond donors (Lipinski definition) is 2. The van der Waals surface area contributed by atoms with Crippen molar-refractivity contribution in [3.05, 3.63) is 81.5 Å². The maximum absolute atomic E-state index is 13.7. The van der Waals surface area contributed by atoms with Gasteiger partial charge in [-0.1, -0.05) is 23.7 Å². The van der Waals surface area contributed by atoms with Crippen molar-refractivity contribution in [3.8, 4) is 0 Å². The van der Waals surface area contributed by atoms with E-state index in [1.165, 1.54) is 12.1 Å². The molecule has 0 aliphatic carbocycles. The van der Waals surface area contributed by atoms with Crippen molar-refractivity contribution >= 4 is 35.3 Å². The van der Waals surface area contributed by atoms with E-state index in [0.29, 0.717) is 54.7 Å². The lowest BCUT2D eigenvalue weighted by molar-refractivity contribution is -0.137. The molecule has 3 aromatic rings. The van der Waals surface area contributed by atoms with Crippen LogP contribution in [0.1, 0.15) is 51.6 Å². The smallest absolute Gasteiger partial charge is 0.231 e. The van der Waals surface area contributed by atoms with Crippen LogP contribution in [0.4, 0.5) is 15.9 Å². The van der Waals surface area contributed by atoms with E-state index in [1.54, 1.807) is 24.1 Å². The predicted octanol–water partition coefficient (Wildman–Crippen LogP) is 3.59. The number of carbonyl (C=O) groups is 2. The van der Waals surface area contributed by atoms with Gasteiger partial charge in [0.1, 0.15) is 17.5 Å². The number of hydrogen-bond acceptors (Lipinski definition) is 7. The Bertz CT molecular complexity index is 1380. The van der Waals surface area contributed by atoms with Gasteiger partial charge in [-0.25, -0.2) is 14.4 Å². The van der Waals surface area contributed by atoms with E-state index in [1.807, 2.05) is 12.1 Å². The zero-order valence-electron chi connectivity index (χ0n) is 20.3. The molecule has 1 aromatic heterocycles. The molecular formula is C27H27ClFN5O3. The highest BCUT2D eigenvalue weighted by atomic mass is 35.5. The molecule has 2 aromatic carbocycles. The number of halogens is 2. The van der Waals surface area contributed by atoms with Crippen molar-refractivity contribution in [2.45, 2.75) is 37.8 Å². The van der Waals surface area contributed by atoms with Crippen LogP contribution in [0.25, 0.3) is 0 Å². The molecule has 37 heavy (non-hydrogen) atoms. The number of piperidine rings is 1. The summed E-state index contributed by atoms with van der Waals surface area (Å²) in [6.07, 6.45) is 2.74. The van der Waals surface area contributed by atoms with Crippen molar-refractivity contribution < 1.29 is 19.1 Å². The normalized spacial score (nSPS) is 18.5. The zero-order chi connectivity index (χ0) is 26.3. The van der Waals surface area contributed by atoms with Crippen molar-refractivity contribution in [2.24, 2.45) is 0 Å². The second kappa shape index (κ2) is 9.72. The largest absolute Gasteiger partial charge is 0.385 e. The summed E-state index contributed by atoms with van der Waals surface area (Å²) in [5.41, 5.74) is 7.83. The first kappa shape index (κ1) is 25.1. The number of likely N-dealkylation sites (tertiary alicyclic amines) is 1. The topological polar surface area (TPSA) is 113 Å². The Morgan fingerprint density at radius 2 is 2.03 bits per heavy atom. The molecule has 0 spiro atoms. The number of fused-ring (bicyclic) bond motifs is 1. The maximum atomic E-state index is 13.7. The fourth-order valence-electron chi connectivity index (χ4n) is 5.34. The van der Waals surface area contributed by atoms with Crippen molar-refractivity contribution in [1.82, 2.24) is 14.9 Å². The molecule has 0 saturated carbocycles. The number of nitrogens with two attached hydrogens (primary N) is 1. The lowest BCUT2D eigenvalue weighted by atomic mass is 9.81. The molecule has 2 aliphatic rings. The van der Waals surface area contributed by atoms with Crippen LogP contribution >= 0.6 is 11.6 Å². The summed E-state index contributed by atoms with van der Waals surface area (Å²) in [4.78, 5) is 37.5. The van der Waals surface area contributed by atoms with E-state index < -0.39 is 17.3 Å². The Labute approximate surface area is 218 Å². The van der Waals surface area contributed by atoms with Gasteiger partial charge in [0.2, 0.25) is 5.91 Å². The first-order chi connectivity index (χ1) is 17.7. The van der Waals surface area contributed by atoms with Gasteiger partial charge in [-0.15, -0.1) is 0 Å². The molecule has 1 fully saturated rings. The summed E-state index contributed by atoms with van der Waals surface area (Å²) >= 11 is 6.30. The molecule has 3 N–H and O–H groups in total. The highest BCUT2D eigenvalue weighted by Gasteiger charge is 2.41. The van der Waals surface area contributed by atoms with Crippen LogP contribution in [0.15, 0.2) is 42.6 Å². The standard InChI is InChI=1S/C27H27ClFN5O3/c1-16-31-12-18(25(30)32-16)13-34-14-22(21-4-2-19(28)11-24(21)34)26(36)33-8-6-27(37,7-9-33)23-5-3-20(29)10-17(23)15-35/h2-5,10-12,15,22,37H,6-9,13-14H2,1H3,(H2,30,31,32). The minimum absolute atomic E-state index is 0.0454. The monoisotopic (exact) mass is 523 g/mol. The van der Waals surface area contributed by atoms with Crippen LogP contribution in [-0.2, 0) is 16.9 Å². The van der Waals surface area contributed by atoms with Crippen molar-refractivity contribution in [1.29, 1.82) is 0 Å². The van der Waals surface area contributed by atoms with E-state index in [4.69, 9.17) is 17.3 Å². The molecule has 5 rings (SSSR count). The molecule has 0 radical (unpaired) electrons. The van der Waals surface area contributed by atoms with Gasteiger partial charge in [0.25, 0.3) is 0 Å². The number of benzene rings is 2. The van der Waals surface area contributed by atoms with Crippen LogP contribution < -0.4 is 10.6 Å². The highest BCUT2D eigenvalue weighted by molar-refractivity contribution is 6.31. The van der Waals surface area contributed by atoms with Crippen LogP contribution in [0.2, 0.25) is 5.02 Å². The van der Waals surface area contributed by atoms with Gasteiger partial charge in [0.15, 0.2) is 6.29 Å². The number of aromatic nitrogens is 2. The molecule has 1 saturated heterocycles. The van der Waals surface area contributed by atoms with Crippen LogP contribution in [-0.4, -0.2) is 51.8 Å². The van der Waals surface area contributed by atoms with Gasteiger partial charge in [-0.2, -0.15) is 0 Å². The summed E-state index contributed by atoms with van der Waals surface area (Å²) in [5, 5.41) is 11.9. The molecule has 1 atom stereocenters. The van der Waals surface area contributed by atoms with E-state index >= 15 is 0 Å².